The first kappa shape index (κ1) is 19.6. The van der Waals surface area contributed by atoms with E-state index in [-0.39, 0.29) is 36.2 Å². The van der Waals surface area contributed by atoms with E-state index in [0.717, 1.165) is 10.6 Å². The molecule has 0 spiro atoms. The Hall–Kier alpha value is -3.34. The van der Waals surface area contributed by atoms with Crippen molar-refractivity contribution in [1.29, 1.82) is 0 Å². The van der Waals surface area contributed by atoms with Crippen LogP contribution in [-0.4, -0.2) is 58.5 Å². The summed E-state index contributed by atoms with van der Waals surface area (Å²) >= 11 is 0. The molecular weight excluding hydrogens is 417 g/mol. The maximum absolute atomic E-state index is 13.8. The van der Waals surface area contributed by atoms with Crippen molar-refractivity contribution < 1.29 is 32.2 Å². The molecule has 162 valence electrons. The first-order valence-corrected chi connectivity index (χ1v) is 9.61. The molecular formula is C20H17F3N4O4. The summed E-state index contributed by atoms with van der Waals surface area (Å²) in [6, 6.07) is 7.17. The minimum atomic E-state index is -4.66. The normalized spacial score (nSPS) is 16.2. The molecule has 1 amide bonds. The number of morpholine rings is 1. The number of rotatable bonds is 3. The molecule has 3 aromatic rings. The highest BCUT2D eigenvalue weighted by molar-refractivity contribution is 5.79. The lowest BCUT2D eigenvalue weighted by Crippen LogP contribution is -2.41. The zero-order chi connectivity index (χ0) is 21.6. The van der Waals surface area contributed by atoms with Gasteiger partial charge in [-0.3, -0.25) is 4.79 Å². The number of carbonyl (C=O) groups excluding carboxylic acids is 1. The van der Waals surface area contributed by atoms with Gasteiger partial charge in [-0.25, -0.2) is 9.50 Å². The zero-order valence-electron chi connectivity index (χ0n) is 16.2. The fourth-order valence-electron chi connectivity index (χ4n) is 3.59. The van der Waals surface area contributed by atoms with Crippen molar-refractivity contribution in [3.8, 4) is 22.8 Å². The summed E-state index contributed by atoms with van der Waals surface area (Å²) in [6.45, 7) is 1.84. The molecule has 0 atom stereocenters. The highest BCUT2D eigenvalue weighted by atomic mass is 19.4. The van der Waals surface area contributed by atoms with Gasteiger partial charge in [0.15, 0.2) is 22.8 Å². The Bertz CT molecular complexity index is 1160. The van der Waals surface area contributed by atoms with Crippen molar-refractivity contribution >= 4 is 11.6 Å². The van der Waals surface area contributed by atoms with Crippen LogP contribution in [0.25, 0.3) is 16.9 Å². The van der Waals surface area contributed by atoms with Crippen LogP contribution in [0.15, 0.2) is 30.3 Å². The quantitative estimate of drug-likeness (QED) is 0.631. The standard InChI is InChI=1S/C20H17F3N4O4/c21-20(22,23)17-10-14(12-1-2-15-16(7-12)31-11-30-15)24-18-8-13(25-27(17)18)9-19(28)26-3-5-29-6-4-26/h1-2,7-8,10H,3-6,9,11H2. The van der Waals surface area contributed by atoms with Crippen LogP contribution in [0.1, 0.15) is 11.4 Å². The number of halogens is 3. The van der Waals surface area contributed by atoms with Crippen molar-refractivity contribution in [2.24, 2.45) is 0 Å². The Morgan fingerprint density at radius 2 is 1.84 bits per heavy atom. The first-order valence-electron chi connectivity index (χ1n) is 9.61. The number of alkyl halides is 3. The monoisotopic (exact) mass is 434 g/mol. The third kappa shape index (κ3) is 3.76. The maximum atomic E-state index is 13.8. The van der Waals surface area contributed by atoms with Crippen molar-refractivity contribution in [2.75, 3.05) is 33.1 Å². The van der Waals surface area contributed by atoms with Crippen LogP contribution in [0.4, 0.5) is 13.2 Å². The van der Waals surface area contributed by atoms with Crippen molar-refractivity contribution in [3.63, 3.8) is 0 Å². The van der Waals surface area contributed by atoms with Gasteiger partial charge in [-0.15, -0.1) is 0 Å². The van der Waals surface area contributed by atoms with Gasteiger partial charge in [-0.1, -0.05) is 0 Å². The minimum Gasteiger partial charge on any atom is -0.454 e. The Morgan fingerprint density at radius 3 is 2.61 bits per heavy atom. The lowest BCUT2D eigenvalue weighted by molar-refractivity contribution is -0.142. The molecule has 1 fully saturated rings. The van der Waals surface area contributed by atoms with Gasteiger partial charge >= 0.3 is 6.18 Å². The second kappa shape index (κ2) is 7.41. The average molecular weight is 434 g/mol. The summed E-state index contributed by atoms with van der Waals surface area (Å²) in [4.78, 5) is 18.4. The lowest BCUT2D eigenvalue weighted by atomic mass is 10.1. The SMILES string of the molecule is O=C(Cc1cc2nc(-c3ccc4c(c3)OCO4)cc(C(F)(F)F)n2n1)N1CCOCC1. The molecule has 0 aliphatic carbocycles. The van der Waals surface area contributed by atoms with E-state index < -0.39 is 11.9 Å². The summed E-state index contributed by atoms with van der Waals surface area (Å²) in [5, 5.41) is 4.02. The van der Waals surface area contributed by atoms with Crippen LogP contribution in [0.3, 0.4) is 0 Å². The van der Waals surface area contributed by atoms with Gasteiger partial charge in [-0.2, -0.15) is 18.3 Å². The Kier molecular flexibility index (Phi) is 4.69. The fraction of sp³-hybridized carbons (Fsp3) is 0.350. The van der Waals surface area contributed by atoms with E-state index >= 15 is 0 Å². The van der Waals surface area contributed by atoms with Gasteiger partial charge in [0, 0.05) is 24.7 Å². The molecule has 0 saturated carbocycles. The van der Waals surface area contributed by atoms with E-state index in [4.69, 9.17) is 14.2 Å². The molecule has 31 heavy (non-hydrogen) atoms. The summed E-state index contributed by atoms with van der Waals surface area (Å²) in [7, 11) is 0. The molecule has 2 aromatic heterocycles. The fourth-order valence-corrected chi connectivity index (χ4v) is 3.59. The van der Waals surface area contributed by atoms with Crippen LogP contribution in [0.2, 0.25) is 0 Å². The molecule has 4 heterocycles. The second-order valence-electron chi connectivity index (χ2n) is 7.17. The minimum absolute atomic E-state index is 0.00673. The van der Waals surface area contributed by atoms with Gasteiger partial charge in [0.1, 0.15) is 0 Å². The number of benzene rings is 1. The van der Waals surface area contributed by atoms with Crippen LogP contribution < -0.4 is 9.47 Å². The van der Waals surface area contributed by atoms with Crippen molar-refractivity contribution in [1.82, 2.24) is 19.5 Å². The molecule has 2 aliphatic rings. The maximum Gasteiger partial charge on any atom is 0.433 e. The predicted molar refractivity (Wildman–Crippen MR) is 101 cm³/mol. The third-order valence-electron chi connectivity index (χ3n) is 5.13. The Labute approximate surface area is 174 Å². The average Bonchev–Trinajstić information content (AvgIpc) is 3.38. The summed E-state index contributed by atoms with van der Waals surface area (Å²) in [6.07, 6.45) is -4.77. The topological polar surface area (TPSA) is 78.2 Å². The number of amides is 1. The second-order valence-corrected chi connectivity index (χ2v) is 7.17. The zero-order valence-corrected chi connectivity index (χ0v) is 16.2. The third-order valence-corrected chi connectivity index (χ3v) is 5.13. The van der Waals surface area contributed by atoms with Crippen LogP contribution >= 0.6 is 0 Å². The van der Waals surface area contributed by atoms with Crippen LogP contribution in [0, 0.1) is 0 Å². The molecule has 8 nitrogen and oxygen atoms in total. The molecule has 1 saturated heterocycles. The number of carbonyl (C=O) groups is 1. The van der Waals surface area contributed by atoms with E-state index in [1.54, 1.807) is 23.1 Å². The number of hydrogen-bond donors (Lipinski definition) is 0. The molecule has 0 unspecified atom stereocenters. The Balaban J connectivity index is 1.52. The molecule has 2 aliphatic heterocycles. The number of hydrogen-bond acceptors (Lipinski definition) is 6. The van der Waals surface area contributed by atoms with E-state index in [2.05, 4.69) is 10.1 Å². The van der Waals surface area contributed by atoms with Crippen LogP contribution in [0.5, 0.6) is 11.5 Å². The number of fused-ring (bicyclic) bond motifs is 2. The number of ether oxygens (including phenoxy) is 3. The van der Waals surface area contributed by atoms with Gasteiger partial charge in [0.25, 0.3) is 0 Å². The van der Waals surface area contributed by atoms with Crippen LogP contribution in [-0.2, 0) is 22.1 Å². The molecule has 11 heteroatoms. The highest BCUT2D eigenvalue weighted by Gasteiger charge is 2.35. The summed E-state index contributed by atoms with van der Waals surface area (Å²) in [5.74, 6) is 0.753. The van der Waals surface area contributed by atoms with Gasteiger partial charge in [-0.05, 0) is 24.3 Å². The van der Waals surface area contributed by atoms with E-state index in [9.17, 15) is 18.0 Å². The lowest BCUT2D eigenvalue weighted by Gasteiger charge is -2.26. The molecule has 5 rings (SSSR count). The molecule has 1 aromatic carbocycles. The van der Waals surface area contributed by atoms with Crippen molar-refractivity contribution in [3.05, 3.63) is 41.7 Å². The number of nitrogens with zero attached hydrogens (tertiary/aromatic N) is 4. The smallest absolute Gasteiger partial charge is 0.433 e. The van der Waals surface area contributed by atoms with Gasteiger partial charge in [0.05, 0.1) is 31.0 Å². The highest BCUT2D eigenvalue weighted by Crippen LogP contribution is 2.37. The largest absolute Gasteiger partial charge is 0.454 e. The molecule has 0 radical (unpaired) electrons. The predicted octanol–water partition coefficient (Wildman–Crippen LogP) is 2.55. The van der Waals surface area contributed by atoms with Crippen molar-refractivity contribution in [2.45, 2.75) is 12.6 Å². The van der Waals surface area contributed by atoms with Gasteiger partial charge < -0.3 is 19.1 Å². The number of aromatic nitrogens is 3. The van der Waals surface area contributed by atoms with E-state index in [0.29, 0.717) is 43.4 Å². The first-order chi connectivity index (χ1) is 14.9. The molecule has 0 bridgehead atoms. The summed E-state index contributed by atoms with van der Waals surface area (Å²) < 4.78 is 57.8. The Morgan fingerprint density at radius 1 is 1.06 bits per heavy atom. The van der Waals surface area contributed by atoms with Gasteiger partial charge in [0.2, 0.25) is 12.7 Å². The van der Waals surface area contributed by atoms with E-state index in [1.165, 1.54) is 6.07 Å². The van der Waals surface area contributed by atoms with E-state index in [1.807, 2.05) is 0 Å². The summed E-state index contributed by atoms with van der Waals surface area (Å²) in [5.41, 5.74) is -0.187. The molecule has 0 N–H and O–H groups in total.